The summed E-state index contributed by atoms with van der Waals surface area (Å²) in [6.45, 7) is 4.41. The summed E-state index contributed by atoms with van der Waals surface area (Å²) in [5, 5.41) is 12.6. The Kier molecular flexibility index (Phi) is 5.17. The number of benzene rings is 2. The van der Waals surface area contributed by atoms with Crippen LogP contribution in [0.2, 0.25) is 0 Å². The molecule has 124 valence electrons. The van der Waals surface area contributed by atoms with Gasteiger partial charge in [-0.1, -0.05) is 42.1 Å². The van der Waals surface area contributed by atoms with Gasteiger partial charge in [-0.3, -0.25) is 4.79 Å². The fourth-order valence-corrected chi connectivity index (χ4v) is 3.30. The second kappa shape index (κ2) is 7.69. The van der Waals surface area contributed by atoms with Crippen molar-refractivity contribution in [1.29, 1.82) is 5.26 Å². The number of imidazole rings is 1. The largest absolute Gasteiger partial charge is 0.324 e. The van der Waals surface area contributed by atoms with E-state index in [0.29, 0.717) is 17.8 Å². The van der Waals surface area contributed by atoms with Gasteiger partial charge in [-0.15, -0.1) is 6.58 Å². The highest BCUT2D eigenvalue weighted by atomic mass is 32.2. The molecule has 25 heavy (non-hydrogen) atoms. The minimum atomic E-state index is -0.176. The first kappa shape index (κ1) is 16.8. The van der Waals surface area contributed by atoms with Gasteiger partial charge in [-0.2, -0.15) is 5.26 Å². The number of carbonyl (C=O) groups is 1. The summed E-state index contributed by atoms with van der Waals surface area (Å²) in [4.78, 5) is 16.8. The number of rotatable bonds is 6. The number of aromatic nitrogens is 2. The van der Waals surface area contributed by atoms with Crippen LogP contribution in [0.1, 0.15) is 5.56 Å². The van der Waals surface area contributed by atoms with Crippen LogP contribution >= 0.6 is 11.8 Å². The van der Waals surface area contributed by atoms with Crippen LogP contribution in [0.15, 0.2) is 66.3 Å². The highest BCUT2D eigenvalue weighted by molar-refractivity contribution is 7.99. The normalized spacial score (nSPS) is 10.4. The molecule has 2 aromatic carbocycles. The Balaban J connectivity index is 1.74. The smallest absolute Gasteiger partial charge is 0.234 e. The molecule has 5 nitrogen and oxygen atoms in total. The Morgan fingerprint density at radius 3 is 2.84 bits per heavy atom. The summed E-state index contributed by atoms with van der Waals surface area (Å²) in [6, 6.07) is 16.9. The Labute approximate surface area is 150 Å². The fraction of sp³-hybridized carbons (Fsp3) is 0.105. The minimum absolute atomic E-state index is 0.176. The van der Waals surface area contributed by atoms with Crippen molar-refractivity contribution in [2.45, 2.75) is 11.7 Å². The molecule has 0 radical (unpaired) electrons. The summed E-state index contributed by atoms with van der Waals surface area (Å²) in [7, 11) is 0. The van der Waals surface area contributed by atoms with Crippen LogP contribution in [-0.2, 0) is 11.3 Å². The molecule has 6 heteroatoms. The Bertz CT molecular complexity index is 971. The zero-order valence-corrected chi connectivity index (χ0v) is 14.3. The zero-order chi connectivity index (χ0) is 17.6. The van der Waals surface area contributed by atoms with Crippen molar-refractivity contribution >= 4 is 34.4 Å². The lowest BCUT2D eigenvalue weighted by atomic mass is 10.2. The topological polar surface area (TPSA) is 70.7 Å². The summed E-state index contributed by atoms with van der Waals surface area (Å²) in [6.07, 6.45) is 1.81. The number of thioether (sulfide) groups is 1. The van der Waals surface area contributed by atoms with Crippen LogP contribution in [0.4, 0.5) is 5.69 Å². The molecule has 3 aromatic rings. The molecule has 1 amide bonds. The van der Waals surface area contributed by atoms with E-state index in [1.807, 2.05) is 28.8 Å². The summed E-state index contributed by atoms with van der Waals surface area (Å²) in [5.41, 5.74) is 2.87. The van der Waals surface area contributed by atoms with Gasteiger partial charge >= 0.3 is 0 Å². The second-order valence-corrected chi connectivity index (χ2v) is 6.22. The van der Waals surface area contributed by atoms with Gasteiger partial charge in [-0.05, 0) is 24.3 Å². The summed E-state index contributed by atoms with van der Waals surface area (Å²) < 4.78 is 2.03. The highest BCUT2D eigenvalue weighted by Gasteiger charge is 2.13. The fourth-order valence-electron chi connectivity index (χ4n) is 2.48. The van der Waals surface area contributed by atoms with E-state index in [0.717, 1.165) is 16.2 Å². The maximum Gasteiger partial charge on any atom is 0.234 e. The molecule has 0 spiro atoms. The molecule has 0 aliphatic rings. The molecule has 1 aromatic heterocycles. The quantitative estimate of drug-likeness (QED) is 0.543. The number of para-hydroxylation sites is 3. The molecular weight excluding hydrogens is 332 g/mol. The van der Waals surface area contributed by atoms with Crippen LogP contribution in [0.5, 0.6) is 0 Å². The number of anilines is 1. The van der Waals surface area contributed by atoms with Gasteiger partial charge in [0, 0.05) is 6.54 Å². The van der Waals surface area contributed by atoms with E-state index in [4.69, 9.17) is 5.26 Å². The number of carbonyl (C=O) groups excluding carboxylic acids is 1. The van der Waals surface area contributed by atoms with Gasteiger partial charge in [0.25, 0.3) is 0 Å². The number of nitriles is 1. The van der Waals surface area contributed by atoms with E-state index in [1.165, 1.54) is 11.8 Å². The molecule has 0 atom stereocenters. The SMILES string of the molecule is C=CCn1c(SCC(=O)Nc2ccccc2C#N)nc2ccccc21. The van der Waals surface area contributed by atoms with Crippen molar-refractivity contribution in [2.24, 2.45) is 0 Å². The van der Waals surface area contributed by atoms with Gasteiger partial charge in [0.2, 0.25) is 5.91 Å². The van der Waals surface area contributed by atoms with Gasteiger partial charge in [0.1, 0.15) is 6.07 Å². The zero-order valence-electron chi connectivity index (χ0n) is 13.5. The number of hydrogen-bond donors (Lipinski definition) is 1. The molecular formula is C19H16N4OS. The van der Waals surface area contributed by atoms with Crippen LogP contribution in [0.25, 0.3) is 11.0 Å². The molecule has 0 bridgehead atoms. The molecule has 1 N–H and O–H groups in total. The predicted molar refractivity (Wildman–Crippen MR) is 100 cm³/mol. The molecule has 0 saturated heterocycles. The van der Waals surface area contributed by atoms with E-state index in [-0.39, 0.29) is 11.7 Å². The van der Waals surface area contributed by atoms with Gasteiger partial charge < -0.3 is 9.88 Å². The van der Waals surface area contributed by atoms with Crippen LogP contribution in [0.3, 0.4) is 0 Å². The number of hydrogen-bond acceptors (Lipinski definition) is 4. The van der Waals surface area contributed by atoms with Crippen molar-refractivity contribution < 1.29 is 4.79 Å². The summed E-state index contributed by atoms with van der Waals surface area (Å²) >= 11 is 1.36. The Hall–Kier alpha value is -3.04. The first-order valence-corrected chi connectivity index (χ1v) is 8.69. The van der Waals surface area contributed by atoms with Crippen LogP contribution < -0.4 is 5.32 Å². The van der Waals surface area contributed by atoms with E-state index >= 15 is 0 Å². The van der Waals surface area contributed by atoms with Crippen molar-refractivity contribution in [1.82, 2.24) is 9.55 Å². The lowest BCUT2D eigenvalue weighted by Gasteiger charge is -2.08. The lowest BCUT2D eigenvalue weighted by molar-refractivity contribution is -0.113. The number of amides is 1. The van der Waals surface area contributed by atoms with Gasteiger partial charge in [-0.25, -0.2) is 4.98 Å². The molecule has 1 heterocycles. The molecule has 0 unspecified atom stereocenters. The standard InChI is InChI=1S/C19H16N4OS/c1-2-11-23-17-10-6-5-9-16(17)22-19(23)25-13-18(24)21-15-8-4-3-7-14(15)12-20/h2-10H,1,11,13H2,(H,21,24). The van der Waals surface area contributed by atoms with Crippen molar-refractivity contribution in [3.63, 3.8) is 0 Å². The third-order valence-corrected chi connectivity index (χ3v) is 4.56. The van der Waals surface area contributed by atoms with Crippen LogP contribution in [0, 0.1) is 11.3 Å². The highest BCUT2D eigenvalue weighted by Crippen LogP contribution is 2.24. The number of allylic oxidation sites excluding steroid dienone is 1. The van der Waals surface area contributed by atoms with E-state index < -0.39 is 0 Å². The Morgan fingerprint density at radius 1 is 1.28 bits per heavy atom. The number of nitrogens with zero attached hydrogens (tertiary/aromatic N) is 3. The maximum absolute atomic E-state index is 12.2. The van der Waals surface area contributed by atoms with Gasteiger partial charge in [0.15, 0.2) is 5.16 Å². The third kappa shape index (κ3) is 3.73. The average Bonchev–Trinajstić information content (AvgIpc) is 2.99. The first-order valence-electron chi connectivity index (χ1n) is 7.71. The maximum atomic E-state index is 12.2. The predicted octanol–water partition coefficient (Wildman–Crippen LogP) is 3.82. The first-order chi connectivity index (χ1) is 12.2. The number of fused-ring (bicyclic) bond motifs is 1. The van der Waals surface area contributed by atoms with Crippen molar-refractivity contribution in [2.75, 3.05) is 11.1 Å². The molecule has 3 rings (SSSR count). The molecule has 0 saturated carbocycles. The number of nitrogens with one attached hydrogen (secondary N) is 1. The molecule has 0 aliphatic carbocycles. The second-order valence-electron chi connectivity index (χ2n) is 5.28. The molecule has 0 aliphatic heterocycles. The van der Waals surface area contributed by atoms with E-state index in [9.17, 15) is 4.79 Å². The Morgan fingerprint density at radius 2 is 2.04 bits per heavy atom. The average molecular weight is 348 g/mol. The van der Waals surface area contributed by atoms with Crippen LogP contribution in [-0.4, -0.2) is 21.2 Å². The van der Waals surface area contributed by atoms with E-state index in [2.05, 4.69) is 22.9 Å². The van der Waals surface area contributed by atoms with Gasteiger partial charge in [0.05, 0.1) is 28.0 Å². The van der Waals surface area contributed by atoms with Crippen molar-refractivity contribution in [3.8, 4) is 6.07 Å². The summed E-state index contributed by atoms with van der Waals surface area (Å²) in [5.74, 6) is 0.0325. The minimum Gasteiger partial charge on any atom is -0.324 e. The monoisotopic (exact) mass is 348 g/mol. The lowest BCUT2D eigenvalue weighted by Crippen LogP contribution is -2.15. The third-order valence-electron chi connectivity index (χ3n) is 3.59. The molecule has 0 fully saturated rings. The van der Waals surface area contributed by atoms with Crippen molar-refractivity contribution in [3.05, 3.63) is 66.7 Å². The van der Waals surface area contributed by atoms with E-state index in [1.54, 1.807) is 30.3 Å².